The van der Waals surface area contributed by atoms with Crippen molar-refractivity contribution in [1.82, 2.24) is 0 Å². The molecule has 0 amide bonds. The van der Waals surface area contributed by atoms with E-state index in [-0.39, 0.29) is 0 Å². The zero-order valence-electron chi connectivity index (χ0n) is 18.6. The van der Waals surface area contributed by atoms with Crippen LogP contribution in [0.5, 0.6) is 0 Å². The summed E-state index contributed by atoms with van der Waals surface area (Å²) < 4.78 is 0. The van der Waals surface area contributed by atoms with E-state index in [1.54, 1.807) is 6.08 Å². The highest BCUT2D eigenvalue weighted by Crippen LogP contribution is 2.14. The van der Waals surface area contributed by atoms with Crippen molar-refractivity contribution in [3.05, 3.63) is 78.6 Å². The fourth-order valence-corrected chi connectivity index (χ4v) is 1.85. The Morgan fingerprint density at radius 1 is 1.00 bits per heavy atom. The Hall–Kier alpha value is -2.15. The standard InChI is InChI=1S/C19H23N.3C2H6/c1-5-8-12-17(6-2)19(7-3)20-15-16(4)18-13-10-9-11-14-18;3*1-2/h5-6,8-15H,1,7H2,2-4H3;3*1-2H3/b12-8-,16-15+,17-6+,20-19-;;;. The van der Waals surface area contributed by atoms with Gasteiger partial charge in [-0.1, -0.05) is 110 Å². The lowest BCUT2D eigenvalue weighted by molar-refractivity contribution is 1.26. The topological polar surface area (TPSA) is 12.4 Å². The monoisotopic (exact) mass is 355 g/mol. The number of benzene rings is 1. The molecule has 0 aliphatic carbocycles. The van der Waals surface area contributed by atoms with Gasteiger partial charge >= 0.3 is 0 Å². The van der Waals surface area contributed by atoms with Crippen LogP contribution >= 0.6 is 0 Å². The van der Waals surface area contributed by atoms with Crippen molar-refractivity contribution >= 4 is 11.3 Å². The summed E-state index contributed by atoms with van der Waals surface area (Å²) in [6, 6.07) is 10.3. The van der Waals surface area contributed by atoms with Gasteiger partial charge in [0.2, 0.25) is 0 Å². The van der Waals surface area contributed by atoms with E-state index in [4.69, 9.17) is 0 Å². The summed E-state index contributed by atoms with van der Waals surface area (Å²) in [4.78, 5) is 4.64. The molecule has 1 rings (SSSR count). The molecule has 1 aromatic carbocycles. The lowest BCUT2D eigenvalue weighted by Gasteiger charge is -2.04. The molecule has 0 bridgehead atoms. The fourth-order valence-electron chi connectivity index (χ4n) is 1.85. The predicted molar refractivity (Wildman–Crippen MR) is 125 cm³/mol. The number of aliphatic imine (C=N–C) groups is 1. The van der Waals surface area contributed by atoms with Gasteiger partial charge in [-0.25, -0.2) is 0 Å². The molecule has 0 heterocycles. The van der Waals surface area contributed by atoms with Crippen molar-refractivity contribution in [2.45, 2.75) is 68.7 Å². The van der Waals surface area contributed by atoms with Crippen molar-refractivity contribution in [2.24, 2.45) is 4.99 Å². The molecular formula is C25H41N. The van der Waals surface area contributed by atoms with Crippen LogP contribution in [-0.2, 0) is 0 Å². The maximum absolute atomic E-state index is 4.64. The lowest BCUT2D eigenvalue weighted by atomic mass is 10.1. The Morgan fingerprint density at radius 3 is 1.96 bits per heavy atom. The second-order valence-corrected chi connectivity index (χ2v) is 4.45. The van der Waals surface area contributed by atoms with E-state index in [1.165, 1.54) is 11.1 Å². The molecule has 0 aromatic heterocycles. The van der Waals surface area contributed by atoms with Crippen LogP contribution < -0.4 is 0 Å². The average Bonchev–Trinajstić information content (AvgIpc) is 2.75. The van der Waals surface area contributed by atoms with Crippen LogP contribution in [0.2, 0.25) is 0 Å². The minimum absolute atomic E-state index is 0.903. The molecule has 0 saturated carbocycles. The molecular weight excluding hydrogens is 314 g/mol. The van der Waals surface area contributed by atoms with Crippen LogP contribution in [0.1, 0.15) is 74.3 Å². The van der Waals surface area contributed by atoms with Gasteiger partial charge < -0.3 is 0 Å². The normalized spacial score (nSPS) is 11.3. The van der Waals surface area contributed by atoms with Crippen LogP contribution in [0, 0.1) is 0 Å². The maximum atomic E-state index is 4.64. The van der Waals surface area contributed by atoms with Gasteiger partial charge in [-0.3, -0.25) is 4.99 Å². The van der Waals surface area contributed by atoms with Crippen LogP contribution in [-0.4, -0.2) is 5.71 Å². The number of rotatable bonds is 6. The zero-order valence-corrected chi connectivity index (χ0v) is 18.6. The number of nitrogens with zero attached hydrogens (tertiary/aromatic N) is 1. The molecule has 0 aliphatic heterocycles. The average molecular weight is 356 g/mol. The van der Waals surface area contributed by atoms with E-state index in [9.17, 15) is 0 Å². The lowest BCUT2D eigenvalue weighted by Crippen LogP contribution is -1.98. The summed E-state index contributed by atoms with van der Waals surface area (Å²) in [5, 5.41) is 0. The first-order valence-electron chi connectivity index (χ1n) is 9.97. The molecule has 1 heteroatoms. The minimum Gasteiger partial charge on any atom is -0.260 e. The number of hydrogen-bond donors (Lipinski definition) is 0. The summed E-state index contributed by atoms with van der Waals surface area (Å²) in [5.41, 5.74) is 4.60. The van der Waals surface area contributed by atoms with Crippen molar-refractivity contribution in [2.75, 3.05) is 0 Å². The van der Waals surface area contributed by atoms with Crippen molar-refractivity contribution < 1.29 is 0 Å². The summed E-state index contributed by atoms with van der Waals surface area (Å²) in [6.45, 7) is 21.9. The van der Waals surface area contributed by atoms with E-state index in [1.807, 2.05) is 85.0 Å². The van der Waals surface area contributed by atoms with Crippen molar-refractivity contribution in [1.29, 1.82) is 0 Å². The number of hydrogen-bond acceptors (Lipinski definition) is 1. The van der Waals surface area contributed by atoms with Crippen LogP contribution in [0.4, 0.5) is 0 Å². The van der Waals surface area contributed by atoms with Gasteiger partial charge in [0, 0.05) is 11.9 Å². The second-order valence-electron chi connectivity index (χ2n) is 4.45. The summed E-state index contributed by atoms with van der Waals surface area (Å²) >= 11 is 0. The first-order chi connectivity index (χ1) is 12.7. The minimum atomic E-state index is 0.903. The Bertz CT molecular complexity index is 543. The van der Waals surface area contributed by atoms with E-state index < -0.39 is 0 Å². The Labute approximate surface area is 164 Å². The molecule has 0 N–H and O–H groups in total. The molecule has 0 unspecified atom stereocenters. The molecule has 0 spiro atoms. The summed E-state index contributed by atoms with van der Waals surface area (Å²) in [5.74, 6) is 0. The first kappa shape index (κ1) is 28.6. The van der Waals surface area contributed by atoms with Crippen LogP contribution in [0.3, 0.4) is 0 Å². The molecule has 0 atom stereocenters. The summed E-state index contributed by atoms with van der Waals surface area (Å²) in [6.07, 6.45) is 10.7. The van der Waals surface area contributed by atoms with E-state index in [0.717, 1.165) is 17.7 Å². The molecule has 0 radical (unpaired) electrons. The van der Waals surface area contributed by atoms with Gasteiger partial charge in [0.1, 0.15) is 0 Å². The second kappa shape index (κ2) is 22.9. The quantitative estimate of drug-likeness (QED) is 0.357. The fraction of sp³-hybridized carbons (Fsp3) is 0.400. The highest BCUT2D eigenvalue weighted by molar-refractivity contribution is 6.02. The van der Waals surface area contributed by atoms with Gasteiger partial charge in [0.05, 0.1) is 0 Å². The van der Waals surface area contributed by atoms with Gasteiger partial charge in [-0.05, 0) is 37.0 Å². The Balaban J connectivity index is -0.000000795. The van der Waals surface area contributed by atoms with E-state index in [2.05, 4.69) is 43.6 Å². The van der Waals surface area contributed by atoms with E-state index >= 15 is 0 Å². The van der Waals surface area contributed by atoms with Gasteiger partial charge in [0.25, 0.3) is 0 Å². The maximum Gasteiger partial charge on any atom is 0.0469 e. The zero-order chi connectivity index (χ0) is 20.8. The SMILES string of the molecule is C=C\C=C/C(=C\C)C(/CC)=N\C=C(/C)c1ccccc1.CC.CC.CC. The van der Waals surface area contributed by atoms with Crippen LogP contribution in [0.25, 0.3) is 5.57 Å². The Morgan fingerprint density at radius 2 is 1.54 bits per heavy atom. The molecule has 1 aromatic rings. The molecule has 1 nitrogen and oxygen atoms in total. The number of allylic oxidation sites excluding steroid dienone is 6. The van der Waals surface area contributed by atoms with Gasteiger partial charge in [0.15, 0.2) is 0 Å². The van der Waals surface area contributed by atoms with Gasteiger partial charge in [-0.2, -0.15) is 0 Å². The third kappa shape index (κ3) is 13.2. The first-order valence-corrected chi connectivity index (χ1v) is 9.97. The molecule has 146 valence electrons. The molecule has 0 fully saturated rings. The highest BCUT2D eigenvalue weighted by Gasteiger charge is 2.00. The third-order valence-corrected chi connectivity index (χ3v) is 3.03. The largest absolute Gasteiger partial charge is 0.260 e. The third-order valence-electron chi connectivity index (χ3n) is 3.03. The molecule has 26 heavy (non-hydrogen) atoms. The molecule has 0 aliphatic rings. The smallest absolute Gasteiger partial charge is 0.0469 e. The van der Waals surface area contributed by atoms with E-state index in [0.29, 0.717) is 0 Å². The summed E-state index contributed by atoms with van der Waals surface area (Å²) in [7, 11) is 0. The highest BCUT2D eigenvalue weighted by atomic mass is 14.7. The van der Waals surface area contributed by atoms with Crippen molar-refractivity contribution in [3.8, 4) is 0 Å². The van der Waals surface area contributed by atoms with Gasteiger partial charge in [-0.15, -0.1) is 0 Å². The van der Waals surface area contributed by atoms with Crippen molar-refractivity contribution in [3.63, 3.8) is 0 Å². The van der Waals surface area contributed by atoms with Crippen LogP contribution in [0.15, 0.2) is 78.0 Å². The Kier molecular flexibility index (Phi) is 25.2. The predicted octanol–water partition coefficient (Wildman–Crippen LogP) is 8.67. The molecule has 0 saturated heterocycles.